The molecule has 0 radical (unpaired) electrons. The molecule has 0 aliphatic rings. The Morgan fingerprint density at radius 2 is 2.00 bits per heavy atom. The van der Waals surface area contributed by atoms with Crippen molar-refractivity contribution in [1.29, 1.82) is 0 Å². The fourth-order valence-electron chi connectivity index (χ4n) is 1.40. The van der Waals surface area contributed by atoms with Gasteiger partial charge in [0.2, 0.25) is 5.91 Å². The Balaban J connectivity index is 3.02. The molecule has 0 unspecified atom stereocenters. The molecule has 0 saturated carbocycles. The third-order valence-corrected chi connectivity index (χ3v) is 2.16. The van der Waals surface area contributed by atoms with Crippen molar-refractivity contribution in [2.75, 3.05) is 24.2 Å². The van der Waals surface area contributed by atoms with Crippen molar-refractivity contribution in [2.45, 2.75) is 6.18 Å². The fourth-order valence-corrected chi connectivity index (χ4v) is 1.40. The largest absolute Gasteiger partial charge is 0.416 e. The third kappa shape index (κ3) is 3.27. The predicted molar refractivity (Wildman–Crippen MR) is 58.3 cm³/mol. The van der Waals surface area contributed by atoms with Gasteiger partial charge in [-0.3, -0.25) is 4.79 Å². The second kappa shape index (κ2) is 4.52. The topological polar surface area (TPSA) is 72.3 Å². The van der Waals surface area contributed by atoms with Gasteiger partial charge < -0.3 is 16.4 Å². The van der Waals surface area contributed by atoms with Crippen LogP contribution < -0.4 is 16.4 Å². The van der Waals surface area contributed by atoms with E-state index in [-0.39, 0.29) is 12.2 Å². The van der Waals surface area contributed by atoms with Crippen LogP contribution in [0.4, 0.5) is 24.5 Å². The zero-order valence-corrected chi connectivity index (χ0v) is 9.08. The normalized spacial score (nSPS) is 11.3. The summed E-state index contributed by atoms with van der Waals surface area (Å²) in [6.45, 7) is -0.116. The number of carbonyl (C=O) groups excluding carboxylic acids is 1. The van der Waals surface area contributed by atoms with Crippen molar-refractivity contribution in [3.8, 4) is 0 Å². The van der Waals surface area contributed by atoms with Crippen LogP contribution in [-0.2, 0) is 11.0 Å². The van der Waals surface area contributed by atoms with Gasteiger partial charge in [0.25, 0.3) is 0 Å². The molecule has 1 rings (SSSR count). The van der Waals surface area contributed by atoms with Crippen molar-refractivity contribution >= 4 is 17.3 Å². The number of nitrogen functional groups attached to an aromatic ring is 1. The standard InChI is InChI=1S/C10H12F3N3O/c1-16(5-9(15)17)8-3-2-6(4-7(8)14)10(11,12)13/h2-4H,5,14H2,1H3,(H2,15,17). The second-order valence-corrected chi connectivity index (χ2v) is 3.59. The summed E-state index contributed by atoms with van der Waals surface area (Å²) in [5.41, 5.74) is 9.93. The first-order chi connectivity index (χ1) is 7.71. The quantitative estimate of drug-likeness (QED) is 0.788. The van der Waals surface area contributed by atoms with E-state index < -0.39 is 17.6 Å². The van der Waals surface area contributed by atoms with Gasteiger partial charge in [0, 0.05) is 7.05 Å². The lowest BCUT2D eigenvalue weighted by atomic mass is 10.1. The number of primary amides is 1. The highest BCUT2D eigenvalue weighted by atomic mass is 19.4. The van der Waals surface area contributed by atoms with Gasteiger partial charge in [-0.25, -0.2) is 0 Å². The Morgan fingerprint density at radius 3 is 2.41 bits per heavy atom. The van der Waals surface area contributed by atoms with Gasteiger partial charge in [0.15, 0.2) is 0 Å². The Hall–Kier alpha value is -1.92. The minimum absolute atomic E-state index is 0.0522. The first kappa shape index (κ1) is 13.1. The Bertz CT molecular complexity index is 431. The molecule has 0 bridgehead atoms. The van der Waals surface area contributed by atoms with E-state index in [1.165, 1.54) is 18.0 Å². The highest BCUT2D eigenvalue weighted by Crippen LogP contribution is 2.33. The summed E-state index contributed by atoms with van der Waals surface area (Å²) >= 11 is 0. The molecule has 7 heteroatoms. The molecule has 0 atom stereocenters. The number of anilines is 2. The van der Waals surface area contributed by atoms with Gasteiger partial charge in [-0.05, 0) is 18.2 Å². The van der Waals surface area contributed by atoms with Gasteiger partial charge >= 0.3 is 6.18 Å². The summed E-state index contributed by atoms with van der Waals surface area (Å²) in [6, 6.07) is 2.94. The summed E-state index contributed by atoms with van der Waals surface area (Å²) in [7, 11) is 1.52. The molecule has 0 fully saturated rings. The minimum Gasteiger partial charge on any atom is -0.397 e. The van der Waals surface area contributed by atoms with Crippen molar-refractivity contribution in [3.63, 3.8) is 0 Å². The lowest BCUT2D eigenvalue weighted by molar-refractivity contribution is -0.137. The van der Waals surface area contributed by atoms with Crippen LogP contribution in [0.3, 0.4) is 0 Å². The molecule has 17 heavy (non-hydrogen) atoms. The van der Waals surface area contributed by atoms with E-state index in [0.29, 0.717) is 5.69 Å². The number of benzene rings is 1. The van der Waals surface area contributed by atoms with Crippen LogP contribution in [0.2, 0.25) is 0 Å². The number of halogens is 3. The summed E-state index contributed by atoms with van der Waals surface area (Å²) in [6.07, 6.45) is -4.44. The molecule has 0 aliphatic carbocycles. The molecular formula is C10H12F3N3O. The van der Waals surface area contributed by atoms with Crippen molar-refractivity contribution in [1.82, 2.24) is 0 Å². The van der Waals surface area contributed by atoms with Crippen LogP contribution >= 0.6 is 0 Å². The highest BCUT2D eigenvalue weighted by Gasteiger charge is 2.31. The van der Waals surface area contributed by atoms with Gasteiger partial charge in [-0.2, -0.15) is 13.2 Å². The van der Waals surface area contributed by atoms with E-state index in [9.17, 15) is 18.0 Å². The molecule has 1 aromatic carbocycles. The SMILES string of the molecule is CN(CC(N)=O)c1ccc(C(F)(F)F)cc1N. The molecular weight excluding hydrogens is 235 g/mol. The number of nitrogens with two attached hydrogens (primary N) is 2. The van der Waals surface area contributed by atoms with Crippen LogP contribution in [0, 0.1) is 0 Å². The van der Waals surface area contributed by atoms with E-state index in [0.717, 1.165) is 12.1 Å². The Labute approximate surface area is 96.0 Å². The number of hydrogen-bond acceptors (Lipinski definition) is 3. The number of alkyl halides is 3. The van der Waals surface area contributed by atoms with Gasteiger partial charge in [0.05, 0.1) is 23.5 Å². The van der Waals surface area contributed by atoms with Crippen LogP contribution in [0.1, 0.15) is 5.56 Å². The van der Waals surface area contributed by atoms with Crippen LogP contribution in [0.25, 0.3) is 0 Å². The number of nitrogens with zero attached hydrogens (tertiary/aromatic N) is 1. The van der Waals surface area contributed by atoms with Crippen LogP contribution in [0.5, 0.6) is 0 Å². The van der Waals surface area contributed by atoms with Gasteiger partial charge in [-0.15, -0.1) is 0 Å². The van der Waals surface area contributed by atoms with E-state index in [4.69, 9.17) is 11.5 Å². The average Bonchev–Trinajstić information content (AvgIpc) is 2.14. The first-order valence-electron chi connectivity index (χ1n) is 4.68. The Morgan fingerprint density at radius 1 is 1.41 bits per heavy atom. The van der Waals surface area contributed by atoms with Gasteiger partial charge in [-0.1, -0.05) is 0 Å². The Kier molecular flexibility index (Phi) is 3.50. The molecule has 0 aromatic heterocycles. The lowest BCUT2D eigenvalue weighted by Crippen LogP contribution is -2.31. The smallest absolute Gasteiger partial charge is 0.397 e. The van der Waals surface area contributed by atoms with E-state index in [1.54, 1.807) is 0 Å². The molecule has 4 N–H and O–H groups in total. The third-order valence-electron chi connectivity index (χ3n) is 2.16. The van der Waals surface area contributed by atoms with Crippen LogP contribution in [-0.4, -0.2) is 19.5 Å². The molecule has 94 valence electrons. The maximum absolute atomic E-state index is 12.4. The lowest BCUT2D eigenvalue weighted by Gasteiger charge is -2.20. The predicted octanol–water partition coefficient (Wildman–Crippen LogP) is 1.21. The highest BCUT2D eigenvalue weighted by molar-refractivity contribution is 5.81. The number of rotatable bonds is 3. The summed E-state index contributed by atoms with van der Waals surface area (Å²) in [5.74, 6) is -0.591. The average molecular weight is 247 g/mol. The fraction of sp³-hybridized carbons (Fsp3) is 0.300. The minimum atomic E-state index is -4.44. The van der Waals surface area contributed by atoms with Crippen molar-refractivity contribution < 1.29 is 18.0 Å². The van der Waals surface area contributed by atoms with Crippen molar-refractivity contribution in [2.24, 2.45) is 5.73 Å². The number of likely N-dealkylation sites (N-methyl/N-ethyl adjacent to an activating group) is 1. The molecule has 0 heterocycles. The van der Waals surface area contributed by atoms with E-state index in [2.05, 4.69) is 0 Å². The van der Waals surface area contributed by atoms with Gasteiger partial charge in [0.1, 0.15) is 0 Å². The molecule has 1 aromatic rings. The maximum atomic E-state index is 12.4. The first-order valence-corrected chi connectivity index (χ1v) is 4.68. The monoisotopic (exact) mass is 247 g/mol. The van der Waals surface area contributed by atoms with E-state index in [1.807, 2.05) is 0 Å². The number of hydrogen-bond donors (Lipinski definition) is 2. The molecule has 4 nitrogen and oxygen atoms in total. The molecule has 0 aliphatic heterocycles. The maximum Gasteiger partial charge on any atom is 0.416 e. The van der Waals surface area contributed by atoms with E-state index >= 15 is 0 Å². The second-order valence-electron chi connectivity index (χ2n) is 3.59. The summed E-state index contributed by atoms with van der Waals surface area (Å²) < 4.78 is 37.1. The van der Waals surface area contributed by atoms with Crippen molar-refractivity contribution in [3.05, 3.63) is 23.8 Å². The number of carbonyl (C=O) groups is 1. The summed E-state index contributed by atoms with van der Waals surface area (Å²) in [4.78, 5) is 12.1. The zero-order chi connectivity index (χ0) is 13.2. The molecule has 0 spiro atoms. The van der Waals surface area contributed by atoms with Crippen LogP contribution in [0.15, 0.2) is 18.2 Å². The summed E-state index contributed by atoms with van der Waals surface area (Å²) in [5, 5.41) is 0. The zero-order valence-electron chi connectivity index (χ0n) is 9.08. The molecule has 0 saturated heterocycles. The number of amides is 1. The molecule has 1 amide bonds.